The van der Waals surface area contributed by atoms with Gasteiger partial charge in [-0.2, -0.15) is 0 Å². The number of phenols is 1. The topological polar surface area (TPSA) is 26.7 Å². The van der Waals surface area contributed by atoms with Gasteiger partial charge in [0.25, 0.3) is 0 Å². The van der Waals surface area contributed by atoms with Crippen molar-refractivity contribution in [2.24, 2.45) is 0 Å². The number of nitrogens with zero attached hydrogens (tertiary/aromatic N) is 2. The van der Waals surface area contributed by atoms with Gasteiger partial charge in [-0.15, -0.1) is 0 Å². The second-order valence-corrected chi connectivity index (χ2v) is 4.69. The minimum Gasteiger partial charge on any atom is -0.508 e. The molecule has 0 aliphatic rings. The number of hydrogen-bond donors (Lipinski definition) is 1. The van der Waals surface area contributed by atoms with Crippen LogP contribution in [0.5, 0.6) is 5.75 Å². The lowest BCUT2D eigenvalue weighted by atomic mass is 10.2. The van der Waals surface area contributed by atoms with Crippen LogP contribution in [0.4, 0.5) is 0 Å². The van der Waals surface area contributed by atoms with E-state index in [0.717, 1.165) is 18.7 Å². The predicted octanol–water partition coefficient (Wildman–Crippen LogP) is 2.04. The third-order valence-electron chi connectivity index (χ3n) is 2.45. The van der Waals surface area contributed by atoms with Crippen molar-refractivity contribution in [3.8, 4) is 5.75 Å². The van der Waals surface area contributed by atoms with Gasteiger partial charge in [0.15, 0.2) is 0 Å². The summed E-state index contributed by atoms with van der Waals surface area (Å²) >= 11 is 6.04. The molecule has 0 aliphatic carbocycles. The van der Waals surface area contributed by atoms with Crippen molar-refractivity contribution >= 4 is 11.6 Å². The van der Waals surface area contributed by atoms with Crippen molar-refractivity contribution in [1.82, 2.24) is 9.80 Å². The second-order valence-electron chi connectivity index (χ2n) is 4.28. The summed E-state index contributed by atoms with van der Waals surface area (Å²) in [5.41, 5.74) is 0.797. The average molecular weight is 243 g/mol. The number of rotatable bonds is 5. The van der Waals surface area contributed by atoms with Gasteiger partial charge in [0.2, 0.25) is 0 Å². The Hall–Kier alpha value is -0.770. The van der Waals surface area contributed by atoms with Gasteiger partial charge in [-0.25, -0.2) is 0 Å². The standard InChI is InChI=1S/C12H19ClN2O/c1-14(2)7-8-15(3)9-10-11(13)5-4-6-12(10)16/h4-6,16H,7-9H2,1-3H3. The van der Waals surface area contributed by atoms with E-state index in [2.05, 4.69) is 9.80 Å². The Kier molecular flexibility index (Phi) is 5.06. The van der Waals surface area contributed by atoms with Crippen LogP contribution in [0.1, 0.15) is 5.56 Å². The molecule has 0 aliphatic heterocycles. The number of aromatic hydroxyl groups is 1. The minimum atomic E-state index is 0.268. The quantitative estimate of drug-likeness (QED) is 0.856. The van der Waals surface area contributed by atoms with Gasteiger partial charge in [-0.05, 0) is 33.3 Å². The van der Waals surface area contributed by atoms with E-state index in [-0.39, 0.29) is 5.75 Å². The highest BCUT2D eigenvalue weighted by atomic mass is 35.5. The van der Waals surface area contributed by atoms with Crippen LogP contribution in [0.25, 0.3) is 0 Å². The van der Waals surface area contributed by atoms with Crippen molar-refractivity contribution in [2.45, 2.75) is 6.54 Å². The van der Waals surface area contributed by atoms with E-state index in [1.807, 2.05) is 21.1 Å². The summed E-state index contributed by atoms with van der Waals surface area (Å²) in [5.74, 6) is 0.268. The fourth-order valence-corrected chi connectivity index (χ4v) is 1.65. The van der Waals surface area contributed by atoms with Crippen LogP contribution in [0.2, 0.25) is 5.02 Å². The SMILES string of the molecule is CN(C)CCN(C)Cc1c(O)cccc1Cl. The molecular formula is C12H19ClN2O. The molecule has 0 saturated heterocycles. The molecule has 0 radical (unpaired) electrons. The third-order valence-corrected chi connectivity index (χ3v) is 2.81. The molecule has 4 heteroatoms. The molecule has 0 amide bonds. The number of hydrogen-bond acceptors (Lipinski definition) is 3. The average Bonchev–Trinajstić information content (AvgIpc) is 2.21. The molecule has 0 bridgehead atoms. The van der Waals surface area contributed by atoms with Gasteiger partial charge in [0.05, 0.1) is 0 Å². The molecule has 1 N–H and O–H groups in total. The first-order chi connectivity index (χ1) is 7.50. The summed E-state index contributed by atoms with van der Waals surface area (Å²) in [6.07, 6.45) is 0. The summed E-state index contributed by atoms with van der Waals surface area (Å²) in [4.78, 5) is 4.27. The van der Waals surface area contributed by atoms with Gasteiger partial charge < -0.3 is 14.9 Å². The van der Waals surface area contributed by atoms with Crippen LogP contribution in [-0.4, -0.2) is 49.1 Å². The summed E-state index contributed by atoms with van der Waals surface area (Å²) in [5, 5.41) is 10.3. The highest BCUT2D eigenvalue weighted by Crippen LogP contribution is 2.26. The molecule has 0 saturated carbocycles. The lowest BCUT2D eigenvalue weighted by molar-refractivity contribution is 0.273. The Bertz CT molecular complexity index is 322. The number of benzene rings is 1. The molecule has 16 heavy (non-hydrogen) atoms. The van der Waals surface area contributed by atoms with Crippen molar-refractivity contribution in [3.05, 3.63) is 28.8 Å². The molecule has 1 rings (SSSR count). The van der Waals surface area contributed by atoms with Crippen LogP contribution in [-0.2, 0) is 6.54 Å². The Morgan fingerprint density at radius 1 is 1.19 bits per heavy atom. The Labute approximate surface area is 102 Å². The van der Waals surface area contributed by atoms with Crippen molar-refractivity contribution < 1.29 is 5.11 Å². The van der Waals surface area contributed by atoms with E-state index >= 15 is 0 Å². The summed E-state index contributed by atoms with van der Waals surface area (Å²) < 4.78 is 0. The van der Waals surface area contributed by atoms with E-state index < -0.39 is 0 Å². The maximum atomic E-state index is 9.70. The number of phenolic OH excluding ortho intramolecular Hbond substituents is 1. The fraction of sp³-hybridized carbons (Fsp3) is 0.500. The van der Waals surface area contributed by atoms with Crippen LogP contribution in [0.15, 0.2) is 18.2 Å². The first-order valence-electron chi connectivity index (χ1n) is 5.30. The van der Waals surface area contributed by atoms with Crippen LogP contribution < -0.4 is 0 Å². The van der Waals surface area contributed by atoms with Crippen LogP contribution in [0, 0.1) is 0 Å². The number of likely N-dealkylation sites (N-methyl/N-ethyl adjacent to an activating group) is 2. The van der Waals surface area contributed by atoms with Crippen molar-refractivity contribution in [2.75, 3.05) is 34.2 Å². The summed E-state index contributed by atoms with van der Waals surface area (Å²) in [6.45, 7) is 2.60. The number of halogens is 1. The molecule has 0 heterocycles. The zero-order chi connectivity index (χ0) is 12.1. The van der Waals surface area contributed by atoms with E-state index in [0.29, 0.717) is 11.6 Å². The van der Waals surface area contributed by atoms with E-state index in [9.17, 15) is 5.11 Å². The van der Waals surface area contributed by atoms with E-state index in [4.69, 9.17) is 11.6 Å². The van der Waals surface area contributed by atoms with E-state index in [1.54, 1.807) is 18.2 Å². The van der Waals surface area contributed by atoms with Crippen LogP contribution >= 0.6 is 11.6 Å². The smallest absolute Gasteiger partial charge is 0.121 e. The van der Waals surface area contributed by atoms with E-state index in [1.165, 1.54) is 0 Å². The molecule has 1 aromatic carbocycles. The predicted molar refractivity (Wildman–Crippen MR) is 68.0 cm³/mol. The third kappa shape index (κ3) is 4.00. The molecule has 0 fully saturated rings. The highest BCUT2D eigenvalue weighted by molar-refractivity contribution is 6.31. The van der Waals surface area contributed by atoms with Gasteiger partial charge in [-0.1, -0.05) is 17.7 Å². The molecule has 0 spiro atoms. The highest BCUT2D eigenvalue weighted by Gasteiger charge is 2.08. The minimum absolute atomic E-state index is 0.268. The van der Waals surface area contributed by atoms with Gasteiger partial charge >= 0.3 is 0 Å². The maximum absolute atomic E-state index is 9.70. The maximum Gasteiger partial charge on any atom is 0.121 e. The normalized spacial score (nSPS) is 11.4. The summed E-state index contributed by atoms with van der Waals surface area (Å²) in [6, 6.07) is 5.22. The van der Waals surface area contributed by atoms with Gasteiger partial charge in [0, 0.05) is 30.2 Å². The molecule has 3 nitrogen and oxygen atoms in total. The van der Waals surface area contributed by atoms with Gasteiger partial charge in [0.1, 0.15) is 5.75 Å². The lowest BCUT2D eigenvalue weighted by Crippen LogP contribution is -2.28. The van der Waals surface area contributed by atoms with Crippen LogP contribution in [0.3, 0.4) is 0 Å². The van der Waals surface area contributed by atoms with Crippen molar-refractivity contribution in [3.63, 3.8) is 0 Å². The Morgan fingerprint density at radius 2 is 1.88 bits per heavy atom. The molecule has 0 aromatic heterocycles. The van der Waals surface area contributed by atoms with Gasteiger partial charge in [-0.3, -0.25) is 0 Å². The summed E-state index contributed by atoms with van der Waals surface area (Å²) in [7, 11) is 6.11. The second kappa shape index (κ2) is 6.09. The van der Waals surface area contributed by atoms with Crippen molar-refractivity contribution in [1.29, 1.82) is 0 Å². The lowest BCUT2D eigenvalue weighted by Gasteiger charge is -2.20. The Morgan fingerprint density at radius 3 is 2.44 bits per heavy atom. The monoisotopic (exact) mass is 242 g/mol. The first-order valence-corrected chi connectivity index (χ1v) is 5.68. The molecule has 1 aromatic rings. The molecular weight excluding hydrogens is 224 g/mol. The fourth-order valence-electron chi connectivity index (χ4n) is 1.42. The first kappa shape index (κ1) is 13.3. The molecule has 0 unspecified atom stereocenters. The largest absolute Gasteiger partial charge is 0.508 e. The zero-order valence-corrected chi connectivity index (χ0v) is 10.8. The molecule has 90 valence electrons. The molecule has 0 atom stereocenters. The zero-order valence-electron chi connectivity index (χ0n) is 10.1. The Balaban J connectivity index is 2.59.